The number of hydrogen-bond acceptors (Lipinski definition) is 3. The minimum atomic E-state index is -4.42. The molecule has 144 valence electrons. The Bertz CT molecular complexity index is 726. The third kappa shape index (κ3) is 5.40. The molecule has 1 aliphatic heterocycles. The van der Waals surface area contributed by atoms with Gasteiger partial charge in [0.1, 0.15) is 6.04 Å². The van der Waals surface area contributed by atoms with Gasteiger partial charge in [0, 0.05) is 44.7 Å². The van der Waals surface area contributed by atoms with E-state index >= 15 is 0 Å². The Balaban J connectivity index is 1.61. The molecule has 2 aromatic carbocycles. The molecule has 1 atom stereocenters. The van der Waals surface area contributed by atoms with Crippen molar-refractivity contribution in [2.24, 2.45) is 0 Å². The summed E-state index contributed by atoms with van der Waals surface area (Å²) >= 11 is 0. The van der Waals surface area contributed by atoms with Crippen molar-refractivity contribution in [1.29, 1.82) is 0 Å². The van der Waals surface area contributed by atoms with Crippen LogP contribution in [0.15, 0.2) is 60.7 Å². The van der Waals surface area contributed by atoms with Gasteiger partial charge in [-0.1, -0.05) is 60.7 Å². The number of carbonyl (C=O) groups excluding carboxylic acids is 1. The Morgan fingerprint density at radius 3 is 2.00 bits per heavy atom. The van der Waals surface area contributed by atoms with E-state index in [9.17, 15) is 18.0 Å². The molecule has 1 unspecified atom stereocenters. The molecule has 3 rings (SSSR count). The fourth-order valence-electron chi connectivity index (χ4n) is 3.44. The summed E-state index contributed by atoms with van der Waals surface area (Å²) in [5.41, 5.74) is 1.48. The third-order valence-electron chi connectivity index (χ3n) is 4.95. The van der Waals surface area contributed by atoms with Crippen molar-refractivity contribution in [3.8, 4) is 0 Å². The highest BCUT2D eigenvalue weighted by Crippen LogP contribution is 2.29. The summed E-state index contributed by atoms with van der Waals surface area (Å²) in [6.45, 7) is 2.45. The smallest absolute Gasteiger partial charge is 0.297 e. The van der Waals surface area contributed by atoms with Crippen LogP contribution in [0.1, 0.15) is 22.3 Å². The summed E-state index contributed by atoms with van der Waals surface area (Å²) in [6, 6.07) is 16.4. The minimum absolute atomic E-state index is 0.305. The highest BCUT2D eigenvalue weighted by atomic mass is 19.4. The van der Waals surface area contributed by atoms with Crippen LogP contribution in [-0.4, -0.2) is 54.0 Å². The fraction of sp³-hybridized carbons (Fsp3) is 0.381. The molecule has 27 heavy (non-hydrogen) atoms. The van der Waals surface area contributed by atoms with Gasteiger partial charge in [0.05, 0.1) is 0 Å². The van der Waals surface area contributed by atoms with Gasteiger partial charge in [-0.15, -0.1) is 0 Å². The summed E-state index contributed by atoms with van der Waals surface area (Å²) in [5.74, 6) is -0.468. The maximum Gasteiger partial charge on any atom is 0.404 e. The average molecular weight is 376 g/mol. The Morgan fingerprint density at radius 1 is 0.889 bits per heavy atom. The first-order chi connectivity index (χ1) is 12.9. The molecular formula is C21H23F3N2O. The van der Waals surface area contributed by atoms with E-state index in [-0.39, 0.29) is 0 Å². The highest BCUT2D eigenvalue weighted by molar-refractivity contribution is 5.96. The summed E-state index contributed by atoms with van der Waals surface area (Å²) in [4.78, 5) is 15.9. The van der Waals surface area contributed by atoms with E-state index in [1.807, 2.05) is 30.3 Å². The number of nitrogens with zero attached hydrogens (tertiary/aromatic N) is 2. The van der Waals surface area contributed by atoms with Crippen LogP contribution in [0.25, 0.3) is 0 Å². The van der Waals surface area contributed by atoms with E-state index < -0.39 is 24.4 Å². The predicted octanol–water partition coefficient (Wildman–Crippen LogP) is 4.01. The van der Waals surface area contributed by atoms with Crippen LogP contribution in [0.4, 0.5) is 13.2 Å². The molecule has 1 saturated heterocycles. The number of rotatable bonds is 6. The zero-order valence-electron chi connectivity index (χ0n) is 15.0. The van der Waals surface area contributed by atoms with Gasteiger partial charge in [-0.05, 0) is 5.56 Å². The van der Waals surface area contributed by atoms with Crippen molar-refractivity contribution in [2.75, 3.05) is 26.2 Å². The maximum atomic E-state index is 13.6. The molecule has 1 aliphatic rings. The zero-order valence-corrected chi connectivity index (χ0v) is 15.0. The number of benzene rings is 2. The number of carbonyl (C=O) groups is 1. The van der Waals surface area contributed by atoms with Gasteiger partial charge >= 0.3 is 6.18 Å². The lowest BCUT2D eigenvalue weighted by molar-refractivity contribution is -0.186. The molecule has 0 aliphatic carbocycles. The first-order valence-electron chi connectivity index (χ1n) is 9.09. The number of ketones is 1. The lowest BCUT2D eigenvalue weighted by atomic mass is 10.0. The van der Waals surface area contributed by atoms with Gasteiger partial charge in [0.2, 0.25) is 0 Å². The second-order valence-electron chi connectivity index (χ2n) is 6.85. The van der Waals surface area contributed by atoms with Gasteiger partial charge in [-0.3, -0.25) is 14.6 Å². The second-order valence-corrected chi connectivity index (χ2v) is 6.85. The van der Waals surface area contributed by atoms with Crippen LogP contribution < -0.4 is 0 Å². The molecular weight excluding hydrogens is 353 g/mol. The van der Waals surface area contributed by atoms with Gasteiger partial charge < -0.3 is 0 Å². The summed E-state index contributed by atoms with van der Waals surface area (Å²) in [5, 5.41) is 0. The number of Topliss-reactive ketones (excluding diaryl/α,β-unsaturated/α-hetero) is 1. The summed E-state index contributed by atoms with van der Waals surface area (Å²) in [6.07, 6.45) is -4.96. The Hall–Kier alpha value is -2.18. The van der Waals surface area contributed by atoms with E-state index in [1.54, 1.807) is 30.3 Å². The molecule has 0 radical (unpaired) electrons. The molecule has 0 amide bonds. The van der Waals surface area contributed by atoms with Crippen LogP contribution in [0.5, 0.6) is 0 Å². The van der Waals surface area contributed by atoms with Crippen molar-refractivity contribution in [2.45, 2.75) is 25.2 Å². The van der Waals surface area contributed by atoms with Gasteiger partial charge in [-0.2, -0.15) is 13.2 Å². The quantitative estimate of drug-likeness (QED) is 0.712. The molecule has 6 heteroatoms. The number of alkyl halides is 3. The predicted molar refractivity (Wildman–Crippen MR) is 98.5 cm³/mol. The van der Waals surface area contributed by atoms with Crippen molar-refractivity contribution in [3.05, 3.63) is 71.8 Å². The molecule has 3 nitrogen and oxygen atoms in total. The van der Waals surface area contributed by atoms with E-state index in [4.69, 9.17) is 0 Å². The van der Waals surface area contributed by atoms with Crippen LogP contribution in [0.3, 0.4) is 0 Å². The van der Waals surface area contributed by atoms with Crippen molar-refractivity contribution in [1.82, 2.24) is 9.80 Å². The number of halogens is 3. The van der Waals surface area contributed by atoms with Crippen LogP contribution in [0.2, 0.25) is 0 Å². The largest absolute Gasteiger partial charge is 0.404 e. The lowest BCUT2D eigenvalue weighted by Gasteiger charge is -2.39. The fourth-order valence-corrected chi connectivity index (χ4v) is 3.44. The van der Waals surface area contributed by atoms with Gasteiger partial charge in [0.15, 0.2) is 5.78 Å². The summed E-state index contributed by atoms with van der Waals surface area (Å²) < 4.78 is 40.9. The average Bonchev–Trinajstić information content (AvgIpc) is 2.67. The SMILES string of the molecule is O=C(CC(N1CCN(Cc2ccccc2)CC1)C(F)(F)F)c1ccccc1. The summed E-state index contributed by atoms with van der Waals surface area (Å²) in [7, 11) is 0. The zero-order chi connectivity index (χ0) is 19.3. The standard InChI is InChI=1S/C21H23F3N2O/c22-21(23,24)20(15-19(27)18-9-5-2-6-10-18)26-13-11-25(12-14-26)16-17-7-3-1-4-8-17/h1-10,20H,11-16H2. The second kappa shape index (κ2) is 8.67. The number of hydrogen-bond donors (Lipinski definition) is 0. The van der Waals surface area contributed by atoms with Crippen LogP contribution >= 0.6 is 0 Å². The van der Waals surface area contributed by atoms with Crippen molar-refractivity contribution in [3.63, 3.8) is 0 Å². The van der Waals surface area contributed by atoms with Crippen molar-refractivity contribution >= 4 is 5.78 Å². The molecule has 0 N–H and O–H groups in total. The molecule has 0 aromatic heterocycles. The van der Waals surface area contributed by atoms with E-state index in [1.165, 1.54) is 4.90 Å². The monoisotopic (exact) mass is 376 g/mol. The molecule has 0 saturated carbocycles. The Labute approximate surface area is 157 Å². The lowest BCUT2D eigenvalue weighted by Crippen LogP contribution is -2.55. The number of piperazine rings is 1. The first kappa shape index (κ1) is 19.6. The first-order valence-corrected chi connectivity index (χ1v) is 9.09. The van der Waals surface area contributed by atoms with E-state index in [0.29, 0.717) is 31.7 Å². The minimum Gasteiger partial charge on any atom is -0.297 e. The topological polar surface area (TPSA) is 23.6 Å². The van der Waals surface area contributed by atoms with Gasteiger partial charge in [-0.25, -0.2) is 0 Å². The molecule has 0 bridgehead atoms. The van der Waals surface area contributed by atoms with E-state index in [0.717, 1.165) is 12.1 Å². The Morgan fingerprint density at radius 2 is 1.44 bits per heavy atom. The Kier molecular flexibility index (Phi) is 6.29. The van der Waals surface area contributed by atoms with Crippen LogP contribution in [-0.2, 0) is 6.54 Å². The molecule has 2 aromatic rings. The van der Waals surface area contributed by atoms with Crippen molar-refractivity contribution < 1.29 is 18.0 Å². The maximum absolute atomic E-state index is 13.6. The van der Waals surface area contributed by atoms with E-state index in [2.05, 4.69) is 4.90 Å². The third-order valence-corrected chi connectivity index (χ3v) is 4.95. The highest BCUT2D eigenvalue weighted by Gasteiger charge is 2.45. The van der Waals surface area contributed by atoms with Gasteiger partial charge in [0.25, 0.3) is 0 Å². The van der Waals surface area contributed by atoms with Crippen LogP contribution in [0, 0.1) is 0 Å². The molecule has 0 spiro atoms. The molecule has 1 heterocycles. The molecule has 1 fully saturated rings. The normalized spacial score (nSPS) is 17.6.